The van der Waals surface area contributed by atoms with Crippen LogP contribution in [0.15, 0.2) is 85.2 Å². The summed E-state index contributed by atoms with van der Waals surface area (Å²) in [4.78, 5) is 24.3. The summed E-state index contributed by atoms with van der Waals surface area (Å²) < 4.78 is 3.35. The second kappa shape index (κ2) is 14.4. The fraction of sp³-hybridized carbons (Fsp3) is 0.125. The Kier molecular flexibility index (Phi) is 9.67. The van der Waals surface area contributed by atoms with Crippen LogP contribution in [0.1, 0.15) is 33.6 Å². The second-order valence-corrected chi connectivity index (χ2v) is 10.2. The van der Waals surface area contributed by atoms with Crippen molar-refractivity contribution in [1.29, 1.82) is 0 Å². The van der Waals surface area contributed by atoms with Gasteiger partial charge in [-0.05, 0) is 58.7 Å². The lowest BCUT2D eigenvalue weighted by atomic mass is 10.1. The molecular weight excluding hydrogens is 592 g/mol. The lowest BCUT2D eigenvalue weighted by Gasteiger charge is -2.04. The molecule has 6 N–H and O–H groups in total. The molecule has 0 aliphatic carbocycles. The van der Waals surface area contributed by atoms with Crippen LogP contribution in [0.25, 0.3) is 12.2 Å². The minimum Gasteiger partial charge on any atom is -0.504 e. The first-order valence-corrected chi connectivity index (χ1v) is 14.0. The van der Waals surface area contributed by atoms with Gasteiger partial charge in [-0.25, -0.2) is 9.36 Å². The third-order valence-electron chi connectivity index (χ3n) is 6.63. The number of aromatic nitrogens is 6. The number of benzene rings is 3. The van der Waals surface area contributed by atoms with Gasteiger partial charge >= 0.3 is 0 Å². The van der Waals surface area contributed by atoms with Crippen molar-refractivity contribution in [3.63, 3.8) is 0 Å². The lowest BCUT2D eigenvalue weighted by molar-refractivity contribution is -0.117. The number of nitrogens with one attached hydrogen (secondary N) is 2. The maximum absolute atomic E-state index is 12.1. The van der Waals surface area contributed by atoms with E-state index in [1.54, 1.807) is 33.9 Å². The van der Waals surface area contributed by atoms with Gasteiger partial charge < -0.3 is 31.1 Å². The number of carbonyl (C=O) groups excluding carboxylic acids is 2. The van der Waals surface area contributed by atoms with E-state index in [0.29, 0.717) is 35.6 Å². The van der Waals surface area contributed by atoms with Crippen LogP contribution in [-0.2, 0) is 35.8 Å². The van der Waals surface area contributed by atoms with E-state index in [1.807, 2.05) is 24.3 Å². The van der Waals surface area contributed by atoms with Crippen molar-refractivity contribution in [3.8, 4) is 23.0 Å². The SMILES string of the molecule is O=C(/C=C/c1ccc(O)c(O)c1)NCc1cn(Cc2ccc(Cn3cc(CNC(=O)/C=C/c4ccc(O)c(O)c4)nn3)cc2)nn1. The molecule has 234 valence electrons. The van der Waals surface area contributed by atoms with Crippen LogP contribution in [0.4, 0.5) is 0 Å². The molecule has 2 aromatic heterocycles. The highest BCUT2D eigenvalue weighted by Crippen LogP contribution is 2.26. The second-order valence-electron chi connectivity index (χ2n) is 10.2. The zero-order valence-corrected chi connectivity index (χ0v) is 24.4. The number of aromatic hydroxyl groups is 4. The molecule has 0 spiro atoms. The van der Waals surface area contributed by atoms with Crippen molar-refractivity contribution in [3.05, 3.63) is 119 Å². The summed E-state index contributed by atoms with van der Waals surface area (Å²) in [6.45, 7) is 1.35. The number of phenolic OH excluding ortho intramolecular Hbond substituents is 4. The predicted octanol–water partition coefficient (Wildman–Crippen LogP) is 2.45. The van der Waals surface area contributed by atoms with E-state index in [0.717, 1.165) is 11.1 Å². The molecule has 0 aliphatic heterocycles. The average Bonchev–Trinajstić information content (AvgIpc) is 3.70. The summed E-state index contributed by atoms with van der Waals surface area (Å²) >= 11 is 0. The average molecular weight is 623 g/mol. The Morgan fingerprint density at radius 1 is 0.609 bits per heavy atom. The molecule has 3 aromatic carbocycles. The third kappa shape index (κ3) is 8.79. The topological polar surface area (TPSA) is 201 Å². The molecule has 0 saturated heterocycles. The van der Waals surface area contributed by atoms with Gasteiger partial charge in [-0.3, -0.25) is 9.59 Å². The first-order valence-electron chi connectivity index (χ1n) is 14.0. The van der Waals surface area contributed by atoms with E-state index < -0.39 is 0 Å². The largest absolute Gasteiger partial charge is 0.504 e. The first kappa shape index (κ1) is 31.0. The number of nitrogens with zero attached hydrogens (tertiary/aromatic N) is 6. The van der Waals surface area contributed by atoms with Crippen molar-refractivity contribution in [2.75, 3.05) is 0 Å². The zero-order chi connectivity index (χ0) is 32.5. The van der Waals surface area contributed by atoms with E-state index in [-0.39, 0.29) is 47.9 Å². The normalized spacial score (nSPS) is 11.3. The lowest BCUT2D eigenvalue weighted by Crippen LogP contribution is -2.20. The molecule has 0 aliphatic rings. The zero-order valence-electron chi connectivity index (χ0n) is 24.4. The van der Waals surface area contributed by atoms with Crippen LogP contribution in [0.3, 0.4) is 0 Å². The van der Waals surface area contributed by atoms with Gasteiger partial charge in [-0.15, -0.1) is 10.2 Å². The molecule has 0 atom stereocenters. The van der Waals surface area contributed by atoms with Gasteiger partial charge in [0.05, 0.1) is 38.6 Å². The van der Waals surface area contributed by atoms with E-state index >= 15 is 0 Å². The van der Waals surface area contributed by atoms with Gasteiger partial charge in [0.15, 0.2) is 23.0 Å². The summed E-state index contributed by atoms with van der Waals surface area (Å²) in [7, 11) is 0. The van der Waals surface area contributed by atoms with Crippen LogP contribution < -0.4 is 10.6 Å². The number of amides is 2. The fourth-order valence-corrected chi connectivity index (χ4v) is 4.22. The van der Waals surface area contributed by atoms with Crippen LogP contribution in [0.2, 0.25) is 0 Å². The quantitative estimate of drug-likeness (QED) is 0.0887. The van der Waals surface area contributed by atoms with Gasteiger partial charge in [-0.1, -0.05) is 46.8 Å². The van der Waals surface area contributed by atoms with E-state index in [9.17, 15) is 30.0 Å². The van der Waals surface area contributed by atoms with E-state index in [1.165, 1.54) is 48.6 Å². The van der Waals surface area contributed by atoms with Crippen molar-refractivity contribution in [2.45, 2.75) is 26.2 Å². The minimum atomic E-state index is -0.344. The standard InChI is InChI=1S/C32H30N8O6/c41-27-9-5-21(13-29(27)43)7-11-31(45)33-15-25-19-39(37-35-25)17-23-1-2-24(4-3-23)18-40-20-26(36-38-40)16-34-32(46)12-8-22-6-10-28(42)30(44)14-22/h1-14,19-20,41-44H,15-18H2,(H,33,45)(H,34,46)/b11-7+,12-8+. The summed E-state index contributed by atoms with van der Waals surface area (Å²) in [5.74, 6) is -1.68. The molecule has 46 heavy (non-hydrogen) atoms. The van der Waals surface area contributed by atoms with Gasteiger partial charge in [0.25, 0.3) is 0 Å². The molecule has 0 bridgehead atoms. The van der Waals surface area contributed by atoms with Crippen molar-refractivity contribution in [2.24, 2.45) is 0 Å². The number of carbonyl (C=O) groups is 2. The summed E-state index contributed by atoms with van der Waals surface area (Å²) in [5, 5.41) is 59.8. The summed E-state index contributed by atoms with van der Waals surface area (Å²) in [6, 6.07) is 16.4. The Morgan fingerprint density at radius 2 is 1.02 bits per heavy atom. The van der Waals surface area contributed by atoms with Gasteiger partial charge in [-0.2, -0.15) is 0 Å². The van der Waals surface area contributed by atoms with Gasteiger partial charge in [0, 0.05) is 12.2 Å². The molecule has 5 aromatic rings. The van der Waals surface area contributed by atoms with E-state index in [4.69, 9.17) is 0 Å². The Morgan fingerprint density at radius 3 is 1.41 bits per heavy atom. The molecule has 0 saturated carbocycles. The molecule has 2 amide bonds. The molecule has 0 radical (unpaired) electrons. The van der Waals surface area contributed by atoms with Crippen LogP contribution in [-0.4, -0.2) is 62.2 Å². The first-order chi connectivity index (χ1) is 22.2. The maximum Gasteiger partial charge on any atom is 0.244 e. The van der Waals surface area contributed by atoms with E-state index in [2.05, 4.69) is 31.3 Å². The number of rotatable bonds is 12. The molecule has 5 rings (SSSR count). The summed E-state index contributed by atoms with van der Waals surface area (Å²) in [5.41, 5.74) is 4.31. The Balaban J connectivity index is 1.05. The van der Waals surface area contributed by atoms with Crippen molar-refractivity contribution < 1.29 is 30.0 Å². The Hall–Kier alpha value is -6.44. The highest BCUT2D eigenvalue weighted by Gasteiger charge is 2.07. The minimum absolute atomic E-state index is 0.189. The Bertz CT molecular complexity index is 1760. The predicted molar refractivity (Wildman–Crippen MR) is 166 cm³/mol. The van der Waals surface area contributed by atoms with Crippen molar-refractivity contribution in [1.82, 2.24) is 40.6 Å². The third-order valence-corrected chi connectivity index (χ3v) is 6.63. The van der Waals surface area contributed by atoms with Gasteiger partial charge in [0.2, 0.25) is 11.8 Å². The Labute approximate surface area is 262 Å². The molecular formula is C32H30N8O6. The van der Waals surface area contributed by atoms with Crippen LogP contribution in [0.5, 0.6) is 23.0 Å². The van der Waals surface area contributed by atoms with Crippen LogP contribution >= 0.6 is 0 Å². The van der Waals surface area contributed by atoms with Crippen LogP contribution in [0, 0.1) is 0 Å². The maximum atomic E-state index is 12.1. The molecule has 0 unspecified atom stereocenters. The molecule has 14 heteroatoms. The monoisotopic (exact) mass is 622 g/mol. The smallest absolute Gasteiger partial charge is 0.244 e. The molecule has 14 nitrogen and oxygen atoms in total. The number of hydrogen-bond acceptors (Lipinski definition) is 10. The summed E-state index contributed by atoms with van der Waals surface area (Å²) in [6.07, 6.45) is 9.19. The molecule has 2 heterocycles. The fourth-order valence-electron chi connectivity index (χ4n) is 4.22. The van der Waals surface area contributed by atoms with Crippen molar-refractivity contribution >= 4 is 24.0 Å². The number of hydrogen-bond donors (Lipinski definition) is 6. The highest BCUT2D eigenvalue weighted by molar-refractivity contribution is 5.92. The number of phenols is 4. The highest BCUT2D eigenvalue weighted by atomic mass is 16.3. The van der Waals surface area contributed by atoms with Gasteiger partial charge in [0.1, 0.15) is 11.4 Å². The molecule has 0 fully saturated rings.